The number of nitrogens with zero attached hydrogens (tertiary/aromatic N) is 1. The molecule has 4 rings (SSSR count). The van der Waals surface area contributed by atoms with Gasteiger partial charge in [-0.2, -0.15) is 0 Å². The van der Waals surface area contributed by atoms with Gasteiger partial charge in [0.1, 0.15) is 11.6 Å². The first-order valence-corrected chi connectivity index (χ1v) is 9.53. The Morgan fingerprint density at radius 1 is 1.24 bits per heavy atom. The monoisotopic (exact) mass is 356 g/mol. The number of halogens is 1. The molecule has 5 heteroatoms. The topological polar surface area (TPSA) is 47.6 Å². The van der Waals surface area contributed by atoms with Crippen LogP contribution in [0, 0.1) is 11.7 Å². The van der Waals surface area contributed by atoms with E-state index in [4.69, 9.17) is 15.5 Å². The maximum Gasteiger partial charge on any atom is 0.154 e. The number of hydrogen-bond acceptors (Lipinski definition) is 4. The second-order valence-electron chi connectivity index (χ2n) is 6.70. The summed E-state index contributed by atoms with van der Waals surface area (Å²) in [5, 5.41) is 0.573. The van der Waals surface area contributed by atoms with Crippen LogP contribution in [0.2, 0.25) is 0 Å². The van der Waals surface area contributed by atoms with Crippen LogP contribution >= 0.6 is 11.8 Å². The highest BCUT2D eigenvalue weighted by molar-refractivity contribution is 8.13. The average molecular weight is 356 g/mol. The van der Waals surface area contributed by atoms with Crippen molar-refractivity contribution in [2.24, 2.45) is 16.6 Å². The Labute approximate surface area is 151 Å². The Bertz CT molecular complexity index is 838. The average Bonchev–Trinajstić information content (AvgIpc) is 3.06. The van der Waals surface area contributed by atoms with Crippen molar-refractivity contribution in [2.45, 2.75) is 24.8 Å². The molecular formula is C20H21FN2OS. The smallest absolute Gasteiger partial charge is 0.154 e. The third kappa shape index (κ3) is 2.80. The number of hydrogen-bond donors (Lipinski definition) is 1. The summed E-state index contributed by atoms with van der Waals surface area (Å²) in [5.41, 5.74) is 8.18. The maximum absolute atomic E-state index is 14.8. The van der Waals surface area contributed by atoms with Gasteiger partial charge >= 0.3 is 0 Å². The Hall–Kier alpha value is -2.01. The first-order chi connectivity index (χ1) is 12.1. The van der Waals surface area contributed by atoms with Gasteiger partial charge in [-0.25, -0.2) is 4.39 Å². The van der Waals surface area contributed by atoms with Crippen molar-refractivity contribution in [3.05, 3.63) is 53.8 Å². The molecule has 0 saturated heterocycles. The zero-order valence-electron chi connectivity index (χ0n) is 14.2. The van der Waals surface area contributed by atoms with Crippen molar-refractivity contribution in [3.8, 4) is 16.9 Å². The van der Waals surface area contributed by atoms with Crippen LogP contribution in [0.1, 0.15) is 24.8 Å². The second-order valence-corrected chi connectivity index (χ2v) is 7.74. The molecule has 1 fully saturated rings. The molecule has 0 amide bonds. The van der Waals surface area contributed by atoms with E-state index < -0.39 is 5.54 Å². The van der Waals surface area contributed by atoms with Crippen LogP contribution < -0.4 is 10.5 Å². The van der Waals surface area contributed by atoms with Gasteiger partial charge in [-0.3, -0.25) is 4.99 Å². The van der Waals surface area contributed by atoms with Gasteiger partial charge in [-0.1, -0.05) is 36.4 Å². The molecule has 0 radical (unpaired) electrons. The third-order valence-electron chi connectivity index (χ3n) is 5.36. The molecule has 2 aromatic carbocycles. The van der Waals surface area contributed by atoms with E-state index in [-0.39, 0.29) is 5.82 Å². The van der Waals surface area contributed by atoms with Gasteiger partial charge < -0.3 is 10.5 Å². The molecule has 2 aliphatic rings. The van der Waals surface area contributed by atoms with Gasteiger partial charge in [-0.15, -0.1) is 0 Å². The lowest BCUT2D eigenvalue weighted by atomic mass is 9.80. The van der Waals surface area contributed by atoms with Gasteiger partial charge in [0.2, 0.25) is 0 Å². The van der Waals surface area contributed by atoms with Crippen LogP contribution in [-0.2, 0) is 5.54 Å². The molecule has 1 heterocycles. The summed E-state index contributed by atoms with van der Waals surface area (Å²) in [7, 11) is 1.65. The first kappa shape index (κ1) is 16.5. The highest BCUT2D eigenvalue weighted by Crippen LogP contribution is 2.51. The molecule has 3 nitrogen and oxygen atoms in total. The normalized spacial score (nSPS) is 25.4. The van der Waals surface area contributed by atoms with Crippen LogP contribution in [0.4, 0.5) is 4.39 Å². The van der Waals surface area contributed by atoms with Crippen molar-refractivity contribution >= 4 is 16.9 Å². The van der Waals surface area contributed by atoms with Crippen molar-refractivity contribution in [2.75, 3.05) is 12.9 Å². The lowest BCUT2D eigenvalue weighted by molar-refractivity contribution is 0.341. The zero-order chi connectivity index (χ0) is 17.4. The lowest BCUT2D eigenvalue weighted by Gasteiger charge is -2.36. The molecule has 2 aromatic rings. The highest BCUT2D eigenvalue weighted by atomic mass is 32.2. The molecule has 1 aliphatic heterocycles. The van der Waals surface area contributed by atoms with Crippen molar-refractivity contribution in [1.82, 2.24) is 0 Å². The minimum atomic E-state index is -0.506. The van der Waals surface area contributed by atoms with Crippen molar-refractivity contribution in [1.29, 1.82) is 0 Å². The van der Waals surface area contributed by atoms with Gasteiger partial charge in [0.25, 0.3) is 0 Å². The molecule has 130 valence electrons. The summed E-state index contributed by atoms with van der Waals surface area (Å²) >= 11 is 1.59. The van der Waals surface area contributed by atoms with Gasteiger partial charge in [0.05, 0.1) is 12.6 Å². The summed E-state index contributed by atoms with van der Waals surface area (Å²) in [6, 6.07) is 13.2. The summed E-state index contributed by atoms with van der Waals surface area (Å²) in [6.07, 6.45) is 2.99. The summed E-state index contributed by atoms with van der Waals surface area (Å²) in [5.74, 6) is 1.86. The van der Waals surface area contributed by atoms with E-state index >= 15 is 0 Å². The van der Waals surface area contributed by atoms with Crippen LogP contribution in [0.5, 0.6) is 5.75 Å². The fourth-order valence-electron chi connectivity index (χ4n) is 4.10. The largest absolute Gasteiger partial charge is 0.497 e. The summed E-state index contributed by atoms with van der Waals surface area (Å²) in [6.45, 7) is 0. The third-order valence-corrected chi connectivity index (χ3v) is 6.32. The summed E-state index contributed by atoms with van der Waals surface area (Å²) < 4.78 is 20.1. The number of aliphatic imine (C=N–C) groups is 1. The van der Waals surface area contributed by atoms with Gasteiger partial charge in [0.15, 0.2) is 5.17 Å². The fraction of sp³-hybridized carbons (Fsp3) is 0.350. The van der Waals surface area contributed by atoms with Crippen LogP contribution in [0.15, 0.2) is 47.5 Å². The van der Waals surface area contributed by atoms with Gasteiger partial charge in [0, 0.05) is 11.3 Å². The summed E-state index contributed by atoms with van der Waals surface area (Å²) in [4.78, 5) is 4.77. The number of rotatable bonds is 3. The zero-order valence-corrected chi connectivity index (χ0v) is 15.0. The number of fused-ring (bicyclic) bond motifs is 1. The molecule has 1 aliphatic carbocycles. The molecule has 2 atom stereocenters. The number of benzene rings is 2. The van der Waals surface area contributed by atoms with E-state index in [0.717, 1.165) is 41.9 Å². The minimum absolute atomic E-state index is 0.193. The SMILES string of the molecule is COc1cccc(-c2ccc(F)c([C@]34CCC[C@H]3CSC(N)=N4)c2)c1. The number of nitrogens with two attached hydrogens (primary N) is 1. The van der Waals surface area contributed by atoms with E-state index in [1.807, 2.05) is 36.4 Å². The fourth-order valence-corrected chi connectivity index (χ4v) is 5.14. The standard InChI is InChI=1S/C20H21FN2OS/c1-24-16-6-2-4-13(10-16)14-7-8-18(21)17(11-14)20-9-3-5-15(20)12-25-19(22)23-20/h2,4,6-8,10-11,15H,3,5,9,12H2,1H3,(H2,22,23)/t15-,20-/m0/s1. The number of amidine groups is 1. The predicted molar refractivity (Wildman–Crippen MR) is 101 cm³/mol. The second kappa shape index (κ2) is 6.37. The Balaban J connectivity index is 1.84. The van der Waals surface area contributed by atoms with Crippen molar-refractivity contribution < 1.29 is 9.13 Å². The lowest BCUT2D eigenvalue weighted by Crippen LogP contribution is -2.37. The van der Waals surface area contributed by atoms with Crippen LogP contribution in [0.25, 0.3) is 11.1 Å². The highest BCUT2D eigenvalue weighted by Gasteiger charge is 2.48. The first-order valence-electron chi connectivity index (χ1n) is 8.55. The molecule has 0 spiro atoms. The van der Waals surface area contributed by atoms with E-state index in [1.165, 1.54) is 0 Å². The minimum Gasteiger partial charge on any atom is -0.497 e. The number of ether oxygens (including phenoxy) is 1. The van der Waals surface area contributed by atoms with Crippen molar-refractivity contribution in [3.63, 3.8) is 0 Å². The molecule has 0 bridgehead atoms. The van der Waals surface area contributed by atoms with Gasteiger partial charge in [-0.05, 0) is 54.2 Å². The maximum atomic E-state index is 14.8. The van der Waals surface area contributed by atoms with Crippen LogP contribution in [-0.4, -0.2) is 18.0 Å². The number of thioether (sulfide) groups is 1. The molecule has 25 heavy (non-hydrogen) atoms. The molecule has 1 saturated carbocycles. The Morgan fingerprint density at radius 3 is 2.92 bits per heavy atom. The van der Waals surface area contributed by atoms with Crippen LogP contribution in [0.3, 0.4) is 0 Å². The Kier molecular flexibility index (Phi) is 4.20. The number of methoxy groups -OCH3 is 1. The van der Waals surface area contributed by atoms with E-state index in [9.17, 15) is 4.39 Å². The Morgan fingerprint density at radius 2 is 2.08 bits per heavy atom. The van der Waals surface area contributed by atoms with E-state index in [1.54, 1.807) is 24.9 Å². The predicted octanol–water partition coefficient (Wildman–Crippen LogP) is 4.56. The quantitative estimate of drug-likeness (QED) is 0.877. The molecule has 2 N–H and O–H groups in total. The molecule has 0 aromatic heterocycles. The van der Waals surface area contributed by atoms with E-state index in [0.29, 0.717) is 16.6 Å². The molecular weight excluding hydrogens is 335 g/mol. The van der Waals surface area contributed by atoms with E-state index in [2.05, 4.69) is 0 Å². The molecule has 0 unspecified atom stereocenters.